The molecular formula is C16H23ClN4O2S. The van der Waals surface area contributed by atoms with Crippen LogP contribution in [-0.4, -0.2) is 35.7 Å². The van der Waals surface area contributed by atoms with Crippen molar-refractivity contribution in [2.45, 2.75) is 30.9 Å². The van der Waals surface area contributed by atoms with E-state index < -0.39 is 0 Å². The first-order valence-corrected chi connectivity index (χ1v) is 8.68. The van der Waals surface area contributed by atoms with Crippen LogP contribution in [0, 0.1) is 6.92 Å². The van der Waals surface area contributed by atoms with Gasteiger partial charge in [-0.05, 0) is 44.2 Å². The Labute approximate surface area is 152 Å². The number of amides is 1. The van der Waals surface area contributed by atoms with Gasteiger partial charge in [0.05, 0.1) is 5.75 Å². The van der Waals surface area contributed by atoms with Crippen LogP contribution in [0.25, 0.3) is 0 Å². The molecule has 0 saturated heterocycles. The van der Waals surface area contributed by atoms with Gasteiger partial charge in [-0.1, -0.05) is 12.1 Å². The van der Waals surface area contributed by atoms with E-state index in [9.17, 15) is 4.79 Å². The normalized spacial score (nSPS) is 10.2. The number of carbonyl (C=O) groups excluding carboxylic acids is 1. The maximum atomic E-state index is 12.0. The predicted molar refractivity (Wildman–Crippen MR) is 97.8 cm³/mol. The van der Waals surface area contributed by atoms with Crippen molar-refractivity contribution in [3.63, 3.8) is 0 Å². The summed E-state index contributed by atoms with van der Waals surface area (Å²) in [5.41, 5.74) is 0.665. The molecule has 1 aromatic heterocycles. The Morgan fingerprint density at radius 3 is 2.58 bits per heavy atom. The molecule has 0 aliphatic rings. The highest BCUT2D eigenvalue weighted by Gasteiger charge is 2.06. The van der Waals surface area contributed by atoms with Gasteiger partial charge in [0.25, 0.3) is 5.91 Å². The van der Waals surface area contributed by atoms with Crippen molar-refractivity contribution >= 4 is 30.1 Å². The van der Waals surface area contributed by atoms with E-state index in [4.69, 9.17) is 4.52 Å². The van der Waals surface area contributed by atoms with Crippen molar-refractivity contribution in [1.29, 1.82) is 0 Å². The van der Waals surface area contributed by atoms with Crippen LogP contribution in [0.15, 0.2) is 33.7 Å². The third kappa shape index (κ3) is 6.90. The molecule has 0 radical (unpaired) electrons. The van der Waals surface area contributed by atoms with E-state index in [2.05, 4.69) is 27.7 Å². The Hall–Kier alpha value is -1.57. The summed E-state index contributed by atoms with van der Waals surface area (Å²) in [6, 6.07) is 7.52. The van der Waals surface area contributed by atoms with Crippen LogP contribution in [0.2, 0.25) is 0 Å². The first-order chi connectivity index (χ1) is 11.2. The highest BCUT2D eigenvalue weighted by atomic mass is 35.5. The maximum absolute atomic E-state index is 12.0. The topological polar surface area (TPSA) is 80.0 Å². The van der Waals surface area contributed by atoms with Crippen LogP contribution >= 0.6 is 24.2 Å². The molecule has 0 saturated carbocycles. The van der Waals surface area contributed by atoms with E-state index in [-0.39, 0.29) is 18.3 Å². The third-order valence-corrected chi connectivity index (χ3v) is 4.06. The van der Waals surface area contributed by atoms with Gasteiger partial charge in [-0.3, -0.25) is 4.79 Å². The number of aromatic nitrogens is 2. The summed E-state index contributed by atoms with van der Waals surface area (Å²) in [4.78, 5) is 17.2. The van der Waals surface area contributed by atoms with Crippen LogP contribution in [-0.2, 0) is 5.75 Å². The number of carbonyl (C=O) groups is 1. The zero-order valence-corrected chi connectivity index (χ0v) is 15.5. The molecule has 0 spiro atoms. The van der Waals surface area contributed by atoms with Crippen molar-refractivity contribution in [1.82, 2.24) is 20.8 Å². The van der Waals surface area contributed by atoms with Crippen LogP contribution in [0.1, 0.15) is 35.4 Å². The highest BCUT2D eigenvalue weighted by Crippen LogP contribution is 2.22. The summed E-state index contributed by atoms with van der Waals surface area (Å²) in [5, 5.41) is 9.90. The van der Waals surface area contributed by atoms with E-state index in [0.29, 0.717) is 29.6 Å². The van der Waals surface area contributed by atoms with Gasteiger partial charge in [-0.2, -0.15) is 4.98 Å². The average molecular weight is 371 g/mol. The van der Waals surface area contributed by atoms with Gasteiger partial charge in [-0.25, -0.2) is 0 Å². The van der Waals surface area contributed by atoms with E-state index in [0.717, 1.165) is 24.4 Å². The van der Waals surface area contributed by atoms with Crippen molar-refractivity contribution in [3.8, 4) is 0 Å². The average Bonchev–Trinajstić information content (AvgIpc) is 2.98. The molecule has 1 heterocycles. The molecule has 2 N–H and O–H groups in total. The first kappa shape index (κ1) is 20.5. The molecule has 1 aromatic carbocycles. The number of rotatable bonds is 9. The molecule has 0 unspecified atom stereocenters. The maximum Gasteiger partial charge on any atom is 0.251 e. The van der Waals surface area contributed by atoms with E-state index in [1.54, 1.807) is 18.7 Å². The second-order valence-electron chi connectivity index (χ2n) is 5.05. The molecule has 0 fully saturated rings. The molecule has 2 aromatic rings. The molecule has 0 aliphatic carbocycles. The minimum absolute atomic E-state index is 0. The molecule has 0 bridgehead atoms. The SMILES string of the molecule is CCCNCCNC(=O)c1ccc(SCc2nc(C)no2)cc1.Cl. The lowest BCUT2D eigenvalue weighted by molar-refractivity contribution is 0.0954. The lowest BCUT2D eigenvalue weighted by Crippen LogP contribution is -2.32. The summed E-state index contributed by atoms with van der Waals surface area (Å²) in [5.74, 6) is 1.82. The number of thioether (sulfide) groups is 1. The molecule has 132 valence electrons. The lowest BCUT2D eigenvalue weighted by Gasteiger charge is -2.06. The Balaban J connectivity index is 0.00000288. The molecule has 0 atom stereocenters. The largest absolute Gasteiger partial charge is 0.351 e. The predicted octanol–water partition coefficient (Wildman–Crippen LogP) is 2.82. The summed E-state index contributed by atoms with van der Waals surface area (Å²) >= 11 is 1.60. The number of hydrogen-bond acceptors (Lipinski definition) is 6. The lowest BCUT2D eigenvalue weighted by atomic mass is 10.2. The molecule has 2 rings (SSSR count). The number of benzene rings is 1. The van der Waals surface area contributed by atoms with Gasteiger partial charge in [0.1, 0.15) is 0 Å². The zero-order valence-electron chi connectivity index (χ0n) is 13.9. The van der Waals surface area contributed by atoms with E-state index in [1.807, 2.05) is 24.3 Å². The first-order valence-electron chi connectivity index (χ1n) is 7.70. The summed E-state index contributed by atoms with van der Waals surface area (Å²) < 4.78 is 5.07. The molecule has 24 heavy (non-hydrogen) atoms. The van der Waals surface area contributed by atoms with Gasteiger partial charge in [0, 0.05) is 23.5 Å². The summed E-state index contributed by atoms with van der Waals surface area (Å²) in [6.45, 7) is 6.30. The van der Waals surface area contributed by atoms with Crippen molar-refractivity contribution in [2.24, 2.45) is 0 Å². The molecule has 0 aliphatic heterocycles. The number of nitrogens with one attached hydrogen (secondary N) is 2. The number of halogens is 1. The van der Waals surface area contributed by atoms with Gasteiger partial charge in [-0.15, -0.1) is 24.2 Å². The monoisotopic (exact) mass is 370 g/mol. The molecule has 8 heteroatoms. The second-order valence-corrected chi connectivity index (χ2v) is 6.10. The van der Waals surface area contributed by atoms with E-state index >= 15 is 0 Å². The Morgan fingerprint density at radius 1 is 1.21 bits per heavy atom. The Kier molecular flexibility index (Phi) is 9.44. The standard InChI is InChI=1S/C16H22N4O2S.ClH/c1-3-8-17-9-10-18-16(21)13-4-6-14(7-5-13)23-11-15-19-12(2)20-22-15;/h4-7,17H,3,8-11H2,1-2H3,(H,18,21);1H. The van der Waals surface area contributed by atoms with Crippen molar-refractivity contribution < 1.29 is 9.32 Å². The Bertz CT molecular complexity index is 619. The second kappa shape index (κ2) is 11.1. The molecule has 1 amide bonds. The number of aryl methyl sites for hydroxylation is 1. The van der Waals surface area contributed by atoms with Gasteiger partial charge in [0.2, 0.25) is 5.89 Å². The summed E-state index contributed by atoms with van der Waals surface area (Å²) in [6.07, 6.45) is 1.09. The summed E-state index contributed by atoms with van der Waals surface area (Å²) in [7, 11) is 0. The Morgan fingerprint density at radius 2 is 1.96 bits per heavy atom. The zero-order chi connectivity index (χ0) is 16.5. The van der Waals surface area contributed by atoms with Crippen molar-refractivity contribution in [2.75, 3.05) is 19.6 Å². The fourth-order valence-corrected chi connectivity index (χ4v) is 2.65. The molecule has 6 nitrogen and oxygen atoms in total. The van der Waals surface area contributed by atoms with Gasteiger partial charge >= 0.3 is 0 Å². The van der Waals surface area contributed by atoms with Crippen LogP contribution < -0.4 is 10.6 Å². The quantitative estimate of drug-likeness (QED) is 0.522. The van der Waals surface area contributed by atoms with Gasteiger partial charge < -0.3 is 15.2 Å². The number of hydrogen-bond donors (Lipinski definition) is 2. The minimum atomic E-state index is -0.0487. The van der Waals surface area contributed by atoms with E-state index in [1.165, 1.54) is 0 Å². The number of nitrogens with zero attached hydrogens (tertiary/aromatic N) is 2. The van der Waals surface area contributed by atoms with Crippen LogP contribution in [0.4, 0.5) is 0 Å². The molecular weight excluding hydrogens is 348 g/mol. The smallest absolute Gasteiger partial charge is 0.251 e. The van der Waals surface area contributed by atoms with Gasteiger partial charge in [0.15, 0.2) is 5.82 Å². The fourth-order valence-electron chi connectivity index (χ4n) is 1.91. The fraction of sp³-hybridized carbons (Fsp3) is 0.438. The van der Waals surface area contributed by atoms with Crippen molar-refractivity contribution in [3.05, 3.63) is 41.5 Å². The van der Waals surface area contributed by atoms with Crippen LogP contribution in [0.5, 0.6) is 0 Å². The van der Waals surface area contributed by atoms with Crippen LogP contribution in [0.3, 0.4) is 0 Å². The highest BCUT2D eigenvalue weighted by molar-refractivity contribution is 7.98. The minimum Gasteiger partial charge on any atom is -0.351 e. The third-order valence-electron chi connectivity index (χ3n) is 3.06.